The van der Waals surface area contributed by atoms with Crippen LogP contribution in [0, 0.1) is 0 Å². The van der Waals surface area contributed by atoms with Crippen molar-refractivity contribution in [3.63, 3.8) is 0 Å². The van der Waals surface area contributed by atoms with Crippen LogP contribution in [0.4, 0.5) is 0 Å². The van der Waals surface area contributed by atoms with E-state index in [9.17, 15) is 4.79 Å². The minimum atomic E-state index is -0.0687. The second-order valence-electron chi connectivity index (χ2n) is 3.88. The van der Waals surface area contributed by atoms with Crippen molar-refractivity contribution in [2.75, 3.05) is 6.54 Å². The maximum atomic E-state index is 11.5. The van der Waals surface area contributed by atoms with Crippen molar-refractivity contribution in [3.8, 4) is 0 Å². The van der Waals surface area contributed by atoms with E-state index in [2.05, 4.69) is 22.3 Å². The largest absolute Gasteiger partial charge is 0.355 e. The second kappa shape index (κ2) is 4.94. The minimum absolute atomic E-state index is 0.0687. The minimum Gasteiger partial charge on any atom is -0.355 e. The number of carbonyl (C=O) groups excluding carboxylic acids is 1. The average molecular weight is 220 g/mol. The highest BCUT2D eigenvalue weighted by Gasteiger charge is 2.20. The van der Waals surface area contributed by atoms with Gasteiger partial charge in [-0.05, 0) is 12.8 Å². The summed E-state index contributed by atoms with van der Waals surface area (Å²) >= 11 is 0. The zero-order valence-electron chi connectivity index (χ0n) is 9.15. The second-order valence-corrected chi connectivity index (χ2v) is 3.88. The Labute approximate surface area is 94.5 Å². The lowest BCUT2D eigenvalue weighted by molar-refractivity contribution is -0.124. The van der Waals surface area contributed by atoms with Gasteiger partial charge in [0.05, 0.1) is 12.2 Å². The van der Waals surface area contributed by atoms with E-state index in [1.807, 2.05) is 6.20 Å². The van der Waals surface area contributed by atoms with Crippen molar-refractivity contribution in [3.05, 3.63) is 24.5 Å². The highest BCUT2D eigenvalue weighted by molar-refractivity contribution is 5.82. The van der Waals surface area contributed by atoms with E-state index in [4.69, 9.17) is 0 Å². The molecule has 1 atom stereocenters. The Morgan fingerprint density at radius 3 is 3.31 bits per heavy atom. The van der Waals surface area contributed by atoms with E-state index >= 15 is 0 Å². The molecule has 2 rings (SSSR count). The van der Waals surface area contributed by atoms with Crippen LogP contribution in [-0.4, -0.2) is 28.3 Å². The molecule has 0 saturated carbocycles. The van der Waals surface area contributed by atoms with Gasteiger partial charge in [-0.25, -0.2) is 4.68 Å². The fraction of sp³-hybridized carbons (Fsp3) is 0.455. The van der Waals surface area contributed by atoms with Crippen molar-refractivity contribution >= 4 is 12.1 Å². The van der Waals surface area contributed by atoms with E-state index < -0.39 is 0 Å². The summed E-state index contributed by atoms with van der Waals surface area (Å²) in [5, 5.41) is 10.1. The number of aromatic nitrogens is 2. The Bertz CT molecular complexity index is 385. The van der Waals surface area contributed by atoms with Gasteiger partial charge in [-0.2, -0.15) is 5.10 Å². The Balaban J connectivity index is 1.86. The lowest BCUT2D eigenvalue weighted by Gasteiger charge is -2.22. The first-order valence-electron chi connectivity index (χ1n) is 5.46. The number of carbonyl (C=O) groups is 1. The van der Waals surface area contributed by atoms with Crippen LogP contribution in [-0.2, 0) is 11.3 Å². The van der Waals surface area contributed by atoms with Crippen molar-refractivity contribution in [2.45, 2.75) is 25.4 Å². The van der Waals surface area contributed by atoms with Gasteiger partial charge in [0.1, 0.15) is 0 Å². The predicted molar refractivity (Wildman–Crippen MR) is 61.5 cm³/mol. The maximum Gasteiger partial charge on any atom is 0.237 e. The number of piperidine rings is 1. The fourth-order valence-corrected chi connectivity index (χ4v) is 1.78. The van der Waals surface area contributed by atoms with Gasteiger partial charge >= 0.3 is 0 Å². The van der Waals surface area contributed by atoms with Gasteiger partial charge in [-0.1, -0.05) is 6.58 Å². The fourth-order valence-electron chi connectivity index (χ4n) is 1.78. The highest BCUT2D eigenvalue weighted by atomic mass is 16.2. The number of hydrogen-bond acceptors (Lipinski definition) is 3. The Morgan fingerprint density at radius 1 is 1.75 bits per heavy atom. The molecule has 5 nitrogen and oxygen atoms in total. The normalized spacial score (nSPS) is 20.5. The van der Waals surface area contributed by atoms with Crippen LogP contribution in [0.3, 0.4) is 0 Å². The van der Waals surface area contributed by atoms with Gasteiger partial charge in [-0.15, -0.1) is 0 Å². The number of hydrogen-bond donors (Lipinski definition) is 2. The van der Waals surface area contributed by atoms with Gasteiger partial charge in [0.2, 0.25) is 5.91 Å². The smallest absolute Gasteiger partial charge is 0.237 e. The molecule has 86 valence electrons. The molecule has 2 N–H and O–H groups in total. The zero-order chi connectivity index (χ0) is 11.4. The molecule has 1 saturated heterocycles. The molecule has 1 unspecified atom stereocenters. The lowest BCUT2D eigenvalue weighted by atomic mass is 10.1. The quantitative estimate of drug-likeness (QED) is 0.770. The van der Waals surface area contributed by atoms with E-state index in [0.717, 1.165) is 24.9 Å². The molecular formula is C11H16N4O. The summed E-state index contributed by atoms with van der Waals surface area (Å²) in [5.74, 6) is 0.0994. The Hall–Kier alpha value is -1.62. The topological polar surface area (TPSA) is 59.0 Å². The third-order valence-electron chi connectivity index (χ3n) is 2.68. The molecule has 0 aromatic carbocycles. The zero-order valence-corrected chi connectivity index (χ0v) is 9.15. The number of amides is 1. The van der Waals surface area contributed by atoms with Crippen LogP contribution in [0.2, 0.25) is 0 Å². The first-order valence-corrected chi connectivity index (χ1v) is 5.46. The summed E-state index contributed by atoms with van der Waals surface area (Å²) in [6, 6.07) is -0.0687. The third kappa shape index (κ3) is 2.49. The molecule has 1 aromatic rings. The molecule has 0 spiro atoms. The number of nitrogens with zero attached hydrogens (tertiary/aromatic N) is 2. The highest BCUT2D eigenvalue weighted by Crippen LogP contribution is 2.05. The first kappa shape index (κ1) is 10.9. The van der Waals surface area contributed by atoms with Crippen molar-refractivity contribution in [1.29, 1.82) is 0 Å². The average Bonchev–Trinajstić information content (AvgIpc) is 2.76. The van der Waals surface area contributed by atoms with E-state index in [0.29, 0.717) is 6.54 Å². The summed E-state index contributed by atoms with van der Waals surface area (Å²) in [7, 11) is 0. The van der Waals surface area contributed by atoms with Crippen LogP contribution >= 0.6 is 0 Å². The molecule has 0 bridgehead atoms. The first-order chi connectivity index (χ1) is 7.79. The van der Waals surface area contributed by atoms with Crippen LogP contribution in [0.25, 0.3) is 6.20 Å². The number of nitrogens with one attached hydrogen (secondary N) is 2. The van der Waals surface area contributed by atoms with E-state index in [-0.39, 0.29) is 11.9 Å². The molecule has 0 radical (unpaired) electrons. The molecular weight excluding hydrogens is 204 g/mol. The SMILES string of the molecule is C=Cn1cc(CNC2CCCNC2=O)cn1. The van der Waals surface area contributed by atoms with E-state index in [1.165, 1.54) is 0 Å². The van der Waals surface area contributed by atoms with Crippen molar-refractivity contribution < 1.29 is 4.79 Å². The third-order valence-corrected chi connectivity index (χ3v) is 2.68. The van der Waals surface area contributed by atoms with Crippen LogP contribution in [0.5, 0.6) is 0 Å². The van der Waals surface area contributed by atoms with Gasteiger partial charge < -0.3 is 10.6 Å². The lowest BCUT2D eigenvalue weighted by Crippen LogP contribution is -2.47. The molecule has 0 aliphatic carbocycles. The molecule has 1 amide bonds. The Kier molecular flexibility index (Phi) is 3.36. The monoisotopic (exact) mass is 220 g/mol. The molecule has 1 fully saturated rings. The van der Waals surface area contributed by atoms with Gasteiger partial charge in [0.25, 0.3) is 0 Å². The van der Waals surface area contributed by atoms with Crippen molar-refractivity contribution in [2.24, 2.45) is 0 Å². The van der Waals surface area contributed by atoms with Crippen molar-refractivity contribution in [1.82, 2.24) is 20.4 Å². The summed E-state index contributed by atoms with van der Waals surface area (Å²) in [6.07, 6.45) is 7.24. The molecule has 1 aliphatic rings. The van der Waals surface area contributed by atoms with Crippen LogP contribution < -0.4 is 10.6 Å². The molecule has 1 aliphatic heterocycles. The van der Waals surface area contributed by atoms with Gasteiger partial charge in [-0.3, -0.25) is 4.79 Å². The maximum absolute atomic E-state index is 11.5. The standard InChI is InChI=1S/C11H16N4O/c1-2-15-8-9(7-14-15)6-13-10-4-3-5-12-11(10)16/h2,7-8,10,13H,1,3-6H2,(H,12,16). The Morgan fingerprint density at radius 2 is 2.62 bits per heavy atom. The summed E-state index contributed by atoms with van der Waals surface area (Å²) in [4.78, 5) is 11.5. The molecule has 5 heteroatoms. The molecule has 1 aromatic heterocycles. The number of rotatable bonds is 4. The summed E-state index contributed by atoms with van der Waals surface area (Å²) < 4.78 is 1.65. The molecule has 2 heterocycles. The van der Waals surface area contributed by atoms with E-state index in [1.54, 1.807) is 17.1 Å². The van der Waals surface area contributed by atoms with Crippen LogP contribution in [0.15, 0.2) is 19.0 Å². The predicted octanol–water partition coefficient (Wildman–Crippen LogP) is 0.352. The summed E-state index contributed by atoms with van der Waals surface area (Å²) in [5.41, 5.74) is 1.05. The van der Waals surface area contributed by atoms with Gasteiger partial charge in [0, 0.05) is 31.0 Å². The molecule has 16 heavy (non-hydrogen) atoms. The van der Waals surface area contributed by atoms with Crippen LogP contribution in [0.1, 0.15) is 18.4 Å². The summed E-state index contributed by atoms with van der Waals surface area (Å²) in [6.45, 7) is 5.08. The van der Waals surface area contributed by atoms with Gasteiger partial charge in [0.15, 0.2) is 0 Å².